The molecule has 0 N–H and O–H groups in total. The van der Waals surface area contributed by atoms with Crippen molar-refractivity contribution in [1.82, 2.24) is 9.80 Å². The van der Waals surface area contributed by atoms with E-state index < -0.39 is 19.2 Å². The van der Waals surface area contributed by atoms with Crippen LogP contribution in [0.2, 0.25) is 0 Å². The smallest absolute Gasteiger partial charge is 0.358 e. The molecule has 2 aromatic carbocycles. The molecule has 0 aliphatic heterocycles. The molecule has 2 aromatic rings. The molecule has 527 valence electrons. The monoisotopic (exact) mass is 1550 g/mol. The normalized spacial score (nSPS) is 20.7. The summed E-state index contributed by atoms with van der Waals surface area (Å²) >= 11 is 3.54. The zero-order chi connectivity index (χ0) is 61.1. The summed E-state index contributed by atoms with van der Waals surface area (Å²) in [5.74, 6) is 2.86. The molecule has 8 atom stereocenters. The molecular formula is C71H138B15BrFe4N2P2-. The molecule has 0 bridgehead atoms. The number of alkyl halides is 1. The molecule has 0 aromatic heterocycles. The van der Waals surface area contributed by atoms with Crippen LogP contribution >= 0.6 is 31.8 Å². The van der Waals surface area contributed by atoms with Crippen molar-refractivity contribution in [1.29, 1.82) is 0 Å². The number of nitrogens with zero attached hydrogens (tertiary/aromatic N) is 2. The Morgan fingerprint density at radius 2 is 0.674 bits per heavy atom. The fraction of sp³-hybridized carbons (Fsp3) is 0.718. The number of halogens is 1. The van der Waals surface area contributed by atoms with Crippen molar-refractivity contribution in [2.75, 3.05) is 28.2 Å². The molecule has 24 heteroatoms. The topological polar surface area (TPSA) is 6.48 Å². The van der Waals surface area contributed by atoms with E-state index >= 15 is 0 Å². The van der Waals surface area contributed by atoms with Gasteiger partial charge < -0.3 is 69.2 Å². The summed E-state index contributed by atoms with van der Waals surface area (Å²) in [6.07, 6.45) is 44.4. The van der Waals surface area contributed by atoms with Crippen LogP contribution in [0.1, 0.15) is 240 Å². The van der Waals surface area contributed by atoms with Crippen LogP contribution in [-0.4, -0.2) is 185 Å². The Morgan fingerprint density at radius 1 is 0.411 bits per heavy atom. The number of benzene rings is 2. The van der Waals surface area contributed by atoms with E-state index in [-0.39, 0.29) is 170 Å². The van der Waals surface area contributed by atoms with Crippen LogP contribution in [0.25, 0.3) is 0 Å². The standard InChI is InChI=1S/2C20H32NP.C6H12.C5H9Br.2C5H10.C2H6.8CH3.B15H3.4Fe/c2*1-16(21(2)3)19-14-9-15-20(19)22(18-12-7-8-13-18)17-10-5-4-6-11-17;1-6-4-2-3-5-6;6-5-3-1-2-4-5;2*1-2-4-5-3-1;1-2;;;;;;;;;1-9-13(8)15(12(6)7)14(10(2)3)11(4)5;;;;/h2*4-6,10-11,16,18-20H,7-9,12-15H2,1-3H3;6H,2-5H2,1H3;5H,1-4H2;2*1-5H2;1-2H3;8*1H3;1H3;;;;/q;;;;;;;9*-1;4*+2/t2*16-,19?,20?,22+;;;;;;;;;;;;;;;;;;/m11................../s1. The van der Waals surface area contributed by atoms with Gasteiger partial charge in [0.2, 0.25) is 0 Å². The van der Waals surface area contributed by atoms with Gasteiger partial charge in [-0.2, -0.15) is 7.06 Å². The fourth-order valence-electron chi connectivity index (χ4n) is 14.7. The Kier molecular flexibility index (Phi) is 88.8. The number of hydrogen-bond acceptors (Lipinski definition) is 2. The predicted molar refractivity (Wildman–Crippen MR) is 457 cm³/mol. The second kappa shape index (κ2) is 71.0. The van der Waals surface area contributed by atoms with Gasteiger partial charge in [0, 0.05) is 16.9 Å². The first-order chi connectivity index (χ1) is 40.0. The van der Waals surface area contributed by atoms with Crippen LogP contribution in [0.4, 0.5) is 0 Å². The van der Waals surface area contributed by atoms with Crippen LogP contribution in [-0.2, 0) is 68.3 Å². The summed E-state index contributed by atoms with van der Waals surface area (Å²) in [5.41, 5.74) is 3.91. The average molecular weight is 1550 g/mol. The molecule has 15 radical (unpaired) electrons. The molecule has 8 fully saturated rings. The van der Waals surface area contributed by atoms with Crippen molar-refractivity contribution in [3.05, 3.63) is 120 Å². The van der Waals surface area contributed by atoms with Crippen molar-refractivity contribution in [3.63, 3.8) is 0 Å². The van der Waals surface area contributed by atoms with Crippen molar-refractivity contribution in [3.8, 4) is 0 Å². The molecule has 2 nitrogen and oxygen atoms in total. The van der Waals surface area contributed by atoms with E-state index in [1.807, 2.05) is 20.9 Å². The summed E-state index contributed by atoms with van der Waals surface area (Å²) in [5, 5.41) is 3.37. The molecular weight excluding hydrogens is 1410 g/mol. The second-order valence-electron chi connectivity index (χ2n) is 26.4. The maximum absolute atomic E-state index is 5.92. The van der Waals surface area contributed by atoms with E-state index in [4.69, 9.17) is 54.2 Å². The Hall–Kier alpha value is 2.75. The van der Waals surface area contributed by atoms with Crippen LogP contribution < -0.4 is 10.6 Å². The van der Waals surface area contributed by atoms with E-state index in [9.17, 15) is 0 Å². The van der Waals surface area contributed by atoms with Gasteiger partial charge in [0.25, 0.3) is 0 Å². The first-order valence-electron chi connectivity index (χ1n) is 34.1. The minimum Gasteiger partial charge on any atom is -0.358 e. The van der Waals surface area contributed by atoms with E-state index in [1.165, 1.54) is 205 Å². The minimum absolute atomic E-state index is 0. The van der Waals surface area contributed by atoms with Crippen molar-refractivity contribution in [2.45, 2.75) is 280 Å². The molecule has 4 unspecified atom stereocenters. The van der Waals surface area contributed by atoms with Crippen LogP contribution in [0.3, 0.4) is 0 Å². The van der Waals surface area contributed by atoms with Crippen LogP contribution in [0, 0.1) is 77.2 Å². The predicted octanol–water partition coefficient (Wildman–Crippen LogP) is 16.2. The molecule has 0 spiro atoms. The van der Waals surface area contributed by atoms with Crippen LogP contribution in [0.15, 0.2) is 60.7 Å². The Morgan fingerprint density at radius 3 is 0.884 bits per heavy atom. The van der Waals surface area contributed by atoms with Gasteiger partial charge in [0.15, 0.2) is 0 Å². The molecule has 0 heterocycles. The van der Waals surface area contributed by atoms with E-state index in [1.54, 1.807) is 10.6 Å². The first-order valence-corrected chi connectivity index (χ1v) is 38.0. The Bertz CT molecular complexity index is 1720. The minimum atomic E-state index is -0.671. The summed E-state index contributed by atoms with van der Waals surface area (Å²) in [4.78, 5) is 5.77. The van der Waals surface area contributed by atoms with Crippen LogP contribution in [0.5, 0.6) is 0 Å². The number of hydrogen-bond donors (Lipinski definition) is 0. The van der Waals surface area contributed by atoms with Gasteiger partial charge in [-0.3, -0.25) is 0 Å². The average Bonchev–Trinajstić information content (AvgIpc) is 1.72. The fourth-order valence-corrected chi connectivity index (χ4v) is 23.5. The van der Waals surface area contributed by atoms with E-state index in [0.29, 0.717) is 0 Å². The maximum atomic E-state index is 5.92. The van der Waals surface area contributed by atoms with Gasteiger partial charge in [-0.05, 0) is 250 Å². The zero-order valence-corrected chi connectivity index (χ0v) is 71.6. The molecule has 8 saturated carbocycles. The van der Waals surface area contributed by atoms with E-state index in [0.717, 1.165) is 57.3 Å². The second-order valence-corrected chi connectivity index (χ2v) is 33.1. The largest absolute Gasteiger partial charge is 2.00 e. The quantitative estimate of drug-likeness (QED) is 0.0715. The molecule has 10 rings (SSSR count). The Balaban J connectivity index is -0.000000116. The first kappa shape index (κ1) is 119. The van der Waals surface area contributed by atoms with Gasteiger partial charge in [0.05, 0.1) is 0 Å². The van der Waals surface area contributed by atoms with Crippen molar-refractivity contribution in [2.24, 2.45) is 17.8 Å². The van der Waals surface area contributed by atoms with Gasteiger partial charge in [-0.15, -0.1) is 0 Å². The maximum Gasteiger partial charge on any atom is 2.00 e. The third-order valence-electron chi connectivity index (χ3n) is 19.8. The van der Waals surface area contributed by atoms with Gasteiger partial charge in [0.1, 0.15) is 0 Å². The molecule has 0 saturated heterocycles. The molecule has 0 amide bonds. The Labute approximate surface area is 667 Å². The van der Waals surface area contributed by atoms with Gasteiger partial charge in [-0.25, -0.2) is 0 Å². The SMILES string of the molecule is BrC1CCCC1.C1CCCC1.C1CCCC1.CC.CC1CCCC1.C[C@H](C1CCCC1[P@@](c1ccccc1)C1CCCC1)N(C)C.C[C@H](C1CCCC1[P@@](c1ccccc1)C1CCCC1)N(C)C.[B]B([B])B(B([B])[B])B(B([B])[B])B([B])[B][BH3-].[CH3-].[CH3-].[CH3-].[CH3-].[CH3-].[CH3-].[CH3-].[CH3-].[Fe+2].[Fe+2].[Fe+2].[Fe+2]. The summed E-state index contributed by atoms with van der Waals surface area (Å²) in [7, 11) is 50.9. The molecule has 95 heavy (non-hydrogen) atoms. The molecule has 8 aliphatic rings. The third kappa shape index (κ3) is 45.1. The molecule has 8 aliphatic carbocycles. The zero-order valence-electron chi connectivity index (χ0n) is 63.8. The van der Waals surface area contributed by atoms with Crippen molar-refractivity contribution < 1.29 is 68.3 Å². The third-order valence-corrected chi connectivity index (χ3v) is 27.9. The summed E-state index contributed by atoms with van der Waals surface area (Å²) in [6, 6.07) is 24.6. The van der Waals surface area contributed by atoms with Crippen molar-refractivity contribution >= 4 is 150 Å². The summed E-state index contributed by atoms with van der Waals surface area (Å²) in [6.45, 7) is 11.2. The summed E-state index contributed by atoms with van der Waals surface area (Å²) < 4.78 is 0. The van der Waals surface area contributed by atoms with Gasteiger partial charge >= 0.3 is 68.3 Å². The van der Waals surface area contributed by atoms with Gasteiger partial charge in [-0.1, -0.05) is 262 Å². The number of rotatable bonds is 16. The van der Waals surface area contributed by atoms with E-state index in [2.05, 4.69) is 135 Å².